The van der Waals surface area contributed by atoms with Gasteiger partial charge in [-0.15, -0.1) is 15.3 Å². The van der Waals surface area contributed by atoms with Crippen LogP contribution in [-0.2, 0) is 0 Å². The summed E-state index contributed by atoms with van der Waals surface area (Å²) in [6, 6.07) is 0.317. The summed E-state index contributed by atoms with van der Waals surface area (Å²) in [6.45, 7) is 1.87. The van der Waals surface area contributed by atoms with Gasteiger partial charge in [0.2, 0.25) is 5.82 Å². The molecule has 7 nitrogen and oxygen atoms in total. The summed E-state index contributed by atoms with van der Waals surface area (Å²) < 4.78 is 3.81. The molecule has 1 atom stereocenters. The summed E-state index contributed by atoms with van der Waals surface area (Å²) in [5, 5.41) is 26.5. The second-order valence-corrected chi connectivity index (χ2v) is 5.84. The molecular formula is C11H16N6OS. The summed E-state index contributed by atoms with van der Waals surface area (Å²) in [6.07, 6.45) is 4.94. The maximum absolute atomic E-state index is 10.2. The maximum atomic E-state index is 10.2. The second kappa shape index (κ2) is 5.30. The van der Waals surface area contributed by atoms with Crippen molar-refractivity contribution in [3.8, 4) is 0 Å². The molecular weight excluding hydrogens is 264 g/mol. The standard InChI is InChI=1S/C11H16N6OS/c1-7-9(12-16-19-7)10(18)11-13-15-17(14-11)8-5-3-2-4-6-8/h8,10,18H,2-6H2,1H3. The highest BCUT2D eigenvalue weighted by Gasteiger charge is 2.24. The minimum absolute atomic E-state index is 0.307. The zero-order valence-electron chi connectivity index (χ0n) is 10.7. The number of aryl methyl sites for hydroxylation is 1. The van der Waals surface area contributed by atoms with Crippen LogP contribution in [0.25, 0.3) is 0 Å². The minimum Gasteiger partial charge on any atom is -0.378 e. The number of aliphatic hydroxyl groups excluding tert-OH is 1. The molecule has 8 heteroatoms. The van der Waals surface area contributed by atoms with Crippen LogP contribution in [0.4, 0.5) is 0 Å². The molecule has 1 N–H and O–H groups in total. The summed E-state index contributed by atoms with van der Waals surface area (Å²) in [5.41, 5.74) is 0.521. The number of aromatic nitrogens is 6. The highest BCUT2D eigenvalue weighted by atomic mass is 32.1. The van der Waals surface area contributed by atoms with Crippen LogP contribution in [0.1, 0.15) is 60.6 Å². The lowest BCUT2D eigenvalue weighted by Crippen LogP contribution is -2.16. The first kappa shape index (κ1) is 12.6. The van der Waals surface area contributed by atoms with E-state index in [-0.39, 0.29) is 0 Å². The van der Waals surface area contributed by atoms with E-state index in [0.717, 1.165) is 17.7 Å². The van der Waals surface area contributed by atoms with Crippen LogP contribution >= 0.6 is 11.5 Å². The molecule has 19 heavy (non-hydrogen) atoms. The lowest BCUT2D eigenvalue weighted by molar-refractivity contribution is 0.202. The first-order chi connectivity index (χ1) is 9.25. The van der Waals surface area contributed by atoms with Crippen molar-refractivity contribution in [2.45, 2.75) is 51.2 Å². The number of rotatable bonds is 3. The van der Waals surface area contributed by atoms with Gasteiger partial charge in [-0.3, -0.25) is 0 Å². The van der Waals surface area contributed by atoms with E-state index in [2.05, 4.69) is 25.0 Å². The minimum atomic E-state index is -0.934. The average Bonchev–Trinajstić information content (AvgIpc) is 3.08. The number of aliphatic hydroxyl groups is 1. The van der Waals surface area contributed by atoms with Crippen molar-refractivity contribution < 1.29 is 5.11 Å². The number of tetrazole rings is 1. The molecule has 2 aromatic heterocycles. The van der Waals surface area contributed by atoms with Gasteiger partial charge >= 0.3 is 0 Å². The Hall–Kier alpha value is -1.41. The van der Waals surface area contributed by atoms with Gasteiger partial charge in [0.05, 0.1) is 6.04 Å². The van der Waals surface area contributed by atoms with Crippen LogP contribution in [0.2, 0.25) is 0 Å². The number of nitrogens with zero attached hydrogens (tertiary/aromatic N) is 6. The Bertz CT molecular complexity index is 547. The average molecular weight is 280 g/mol. The van der Waals surface area contributed by atoms with E-state index in [4.69, 9.17) is 0 Å². The molecule has 0 aromatic carbocycles. The van der Waals surface area contributed by atoms with Crippen molar-refractivity contribution in [2.24, 2.45) is 0 Å². The Kier molecular flexibility index (Phi) is 3.52. The smallest absolute Gasteiger partial charge is 0.209 e. The van der Waals surface area contributed by atoms with Gasteiger partial charge in [0.15, 0.2) is 6.10 Å². The SMILES string of the molecule is Cc1snnc1C(O)c1nnn(C2CCCCC2)n1. The Labute approximate surface area is 114 Å². The van der Waals surface area contributed by atoms with Crippen molar-refractivity contribution in [2.75, 3.05) is 0 Å². The van der Waals surface area contributed by atoms with Gasteiger partial charge in [0.25, 0.3) is 0 Å². The highest BCUT2D eigenvalue weighted by Crippen LogP contribution is 2.27. The molecule has 0 spiro atoms. The summed E-state index contributed by atoms with van der Waals surface area (Å²) in [4.78, 5) is 2.52. The summed E-state index contributed by atoms with van der Waals surface area (Å²) in [7, 11) is 0. The molecule has 1 saturated carbocycles. The quantitative estimate of drug-likeness (QED) is 0.914. The van der Waals surface area contributed by atoms with Gasteiger partial charge in [0, 0.05) is 4.88 Å². The van der Waals surface area contributed by atoms with E-state index in [9.17, 15) is 5.11 Å². The molecule has 2 heterocycles. The first-order valence-electron chi connectivity index (χ1n) is 6.52. The van der Waals surface area contributed by atoms with E-state index >= 15 is 0 Å². The Morgan fingerprint density at radius 2 is 2.05 bits per heavy atom. The Balaban J connectivity index is 1.79. The molecule has 0 saturated heterocycles. The van der Waals surface area contributed by atoms with Crippen LogP contribution in [0.3, 0.4) is 0 Å². The number of hydrogen-bond acceptors (Lipinski definition) is 7. The van der Waals surface area contributed by atoms with Crippen molar-refractivity contribution in [1.82, 2.24) is 29.8 Å². The van der Waals surface area contributed by atoms with Gasteiger partial charge < -0.3 is 5.11 Å². The van der Waals surface area contributed by atoms with Gasteiger partial charge in [-0.05, 0) is 36.5 Å². The highest BCUT2D eigenvalue weighted by molar-refractivity contribution is 7.05. The van der Waals surface area contributed by atoms with Gasteiger partial charge in [-0.2, -0.15) is 4.80 Å². The van der Waals surface area contributed by atoms with Crippen molar-refractivity contribution in [3.63, 3.8) is 0 Å². The second-order valence-electron chi connectivity index (χ2n) is 4.88. The third kappa shape index (κ3) is 2.50. The molecule has 1 fully saturated rings. The molecule has 1 unspecified atom stereocenters. The summed E-state index contributed by atoms with van der Waals surface area (Å²) in [5.74, 6) is 0.307. The van der Waals surface area contributed by atoms with Gasteiger partial charge in [-0.25, -0.2) is 0 Å². The summed E-state index contributed by atoms with van der Waals surface area (Å²) >= 11 is 1.26. The van der Waals surface area contributed by atoms with Gasteiger partial charge in [-0.1, -0.05) is 23.8 Å². The van der Waals surface area contributed by atoms with E-state index < -0.39 is 6.10 Å². The van der Waals surface area contributed by atoms with Crippen LogP contribution in [0, 0.1) is 6.92 Å². The lowest BCUT2D eigenvalue weighted by atomic mass is 9.96. The zero-order chi connectivity index (χ0) is 13.2. The van der Waals surface area contributed by atoms with E-state index in [1.54, 1.807) is 4.80 Å². The fraction of sp³-hybridized carbons (Fsp3) is 0.727. The fourth-order valence-corrected chi connectivity index (χ4v) is 2.92. The molecule has 2 aromatic rings. The Morgan fingerprint density at radius 3 is 2.74 bits per heavy atom. The molecule has 0 radical (unpaired) electrons. The molecule has 0 bridgehead atoms. The molecule has 1 aliphatic carbocycles. The van der Waals surface area contributed by atoms with Crippen LogP contribution in [0.5, 0.6) is 0 Å². The van der Waals surface area contributed by atoms with Crippen molar-refractivity contribution in [1.29, 1.82) is 0 Å². The fourth-order valence-electron chi connectivity index (χ4n) is 2.42. The lowest BCUT2D eigenvalue weighted by Gasteiger charge is -2.19. The molecule has 0 aliphatic heterocycles. The molecule has 3 rings (SSSR count). The van der Waals surface area contributed by atoms with Crippen molar-refractivity contribution >= 4 is 11.5 Å². The molecule has 1 aliphatic rings. The normalized spacial score (nSPS) is 18.6. The third-order valence-electron chi connectivity index (χ3n) is 3.54. The predicted octanol–water partition coefficient (Wildman–Crippen LogP) is 1.42. The van der Waals surface area contributed by atoms with E-state index in [0.29, 0.717) is 17.6 Å². The zero-order valence-corrected chi connectivity index (χ0v) is 11.5. The topological polar surface area (TPSA) is 89.6 Å². The predicted molar refractivity (Wildman–Crippen MR) is 68.6 cm³/mol. The monoisotopic (exact) mass is 280 g/mol. The maximum Gasteiger partial charge on any atom is 0.209 e. The third-order valence-corrected chi connectivity index (χ3v) is 4.18. The van der Waals surface area contributed by atoms with Crippen LogP contribution < -0.4 is 0 Å². The van der Waals surface area contributed by atoms with E-state index in [1.165, 1.54) is 30.8 Å². The van der Waals surface area contributed by atoms with Crippen LogP contribution in [0.15, 0.2) is 0 Å². The number of hydrogen-bond donors (Lipinski definition) is 1. The van der Waals surface area contributed by atoms with Gasteiger partial charge in [0.1, 0.15) is 5.69 Å². The largest absolute Gasteiger partial charge is 0.378 e. The van der Waals surface area contributed by atoms with E-state index in [1.807, 2.05) is 6.92 Å². The first-order valence-corrected chi connectivity index (χ1v) is 7.29. The van der Waals surface area contributed by atoms with Crippen molar-refractivity contribution in [3.05, 3.63) is 16.4 Å². The van der Waals surface area contributed by atoms with Crippen LogP contribution in [-0.4, -0.2) is 34.9 Å². The molecule has 102 valence electrons. The Morgan fingerprint density at radius 1 is 1.26 bits per heavy atom. The molecule has 0 amide bonds.